The van der Waals surface area contributed by atoms with Gasteiger partial charge in [-0.1, -0.05) is 26.8 Å². The molecule has 1 atom stereocenters. The van der Waals surface area contributed by atoms with Crippen molar-refractivity contribution in [2.45, 2.75) is 40.3 Å². The number of pyridine rings is 1. The summed E-state index contributed by atoms with van der Waals surface area (Å²) in [6, 6.07) is 4.16. The monoisotopic (exact) mass is 247 g/mol. The summed E-state index contributed by atoms with van der Waals surface area (Å²) in [5.74, 6) is 0.801. The van der Waals surface area contributed by atoms with Crippen LogP contribution in [0.15, 0.2) is 18.3 Å². The van der Waals surface area contributed by atoms with Crippen LogP contribution in [0.4, 0.5) is 0 Å². The SMILES string of the molecule is CC(C)(C)C1CCN(Cc2cccnc2CN)C1. The maximum Gasteiger partial charge on any atom is 0.0584 e. The van der Waals surface area contributed by atoms with Crippen molar-refractivity contribution in [2.24, 2.45) is 17.1 Å². The van der Waals surface area contributed by atoms with Gasteiger partial charge in [-0.05, 0) is 35.9 Å². The van der Waals surface area contributed by atoms with Crippen molar-refractivity contribution < 1.29 is 0 Å². The number of nitrogens with two attached hydrogens (primary N) is 1. The Bertz CT molecular complexity index is 395. The van der Waals surface area contributed by atoms with Gasteiger partial charge in [-0.15, -0.1) is 0 Å². The van der Waals surface area contributed by atoms with E-state index in [9.17, 15) is 0 Å². The second-order valence-electron chi connectivity index (χ2n) is 6.40. The van der Waals surface area contributed by atoms with Crippen LogP contribution in [0.5, 0.6) is 0 Å². The van der Waals surface area contributed by atoms with E-state index in [1.54, 1.807) is 0 Å². The van der Waals surface area contributed by atoms with E-state index >= 15 is 0 Å². The van der Waals surface area contributed by atoms with Gasteiger partial charge in [0, 0.05) is 25.8 Å². The lowest BCUT2D eigenvalue weighted by Crippen LogP contribution is -2.26. The van der Waals surface area contributed by atoms with Crippen LogP contribution in [0.25, 0.3) is 0 Å². The fraction of sp³-hybridized carbons (Fsp3) is 0.667. The van der Waals surface area contributed by atoms with Crippen LogP contribution in [0.1, 0.15) is 38.4 Å². The molecule has 3 heteroatoms. The van der Waals surface area contributed by atoms with E-state index in [0.717, 1.165) is 18.2 Å². The molecular formula is C15H25N3. The van der Waals surface area contributed by atoms with Crippen molar-refractivity contribution >= 4 is 0 Å². The smallest absolute Gasteiger partial charge is 0.0584 e. The van der Waals surface area contributed by atoms with Crippen molar-refractivity contribution in [1.29, 1.82) is 0 Å². The van der Waals surface area contributed by atoms with Crippen molar-refractivity contribution in [1.82, 2.24) is 9.88 Å². The fourth-order valence-electron chi connectivity index (χ4n) is 2.72. The molecule has 1 aromatic rings. The predicted molar refractivity (Wildman–Crippen MR) is 75.0 cm³/mol. The number of aromatic nitrogens is 1. The highest BCUT2D eigenvalue weighted by molar-refractivity contribution is 5.19. The first-order chi connectivity index (χ1) is 8.50. The Morgan fingerprint density at radius 1 is 1.44 bits per heavy atom. The molecule has 1 saturated heterocycles. The third-order valence-corrected chi connectivity index (χ3v) is 4.07. The average Bonchev–Trinajstić information content (AvgIpc) is 2.78. The van der Waals surface area contributed by atoms with Crippen LogP contribution >= 0.6 is 0 Å². The predicted octanol–water partition coefficient (Wildman–Crippen LogP) is 2.41. The average molecular weight is 247 g/mol. The Balaban J connectivity index is 1.99. The van der Waals surface area contributed by atoms with Crippen molar-refractivity contribution in [3.63, 3.8) is 0 Å². The van der Waals surface area contributed by atoms with Crippen LogP contribution in [0.2, 0.25) is 0 Å². The topological polar surface area (TPSA) is 42.2 Å². The zero-order valence-electron chi connectivity index (χ0n) is 11.8. The Morgan fingerprint density at radius 3 is 2.83 bits per heavy atom. The van der Waals surface area contributed by atoms with Gasteiger partial charge in [0.25, 0.3) is 0 Å². The highest BCUT2D eigenvalue weighted by Crippen LogP contribution is 2.34. The Morgan fingerprint density at radius 2 is 2.22 bits per heavy atom. The normalized spacial score (nSPS) is 21.4. The molecule has 2 heterocycles. The summed E-state index contributed by atoms with van der Waals surface area (Å²) >= 11 is 0. The first kappa shape index (κ1) is 13.5. The number of likely N-dealkylation sites (tertiary alicyclic amines) is 1. The first-order valence-corrected chi connectivity index (χ1v) is 6.86. The van der Waals surface area contributed by atoms with Crippen LogP contribution < -0.4 is 5.73 Å². The Hall–Kier alpha value is -0.930. The van der Waals surface area contributed by atoms with E-state index in [1.165, 1.54) is 25.1 Å². The van der Waals surface area contributed by atoms with Gasteiger partial charge in [0.2, 0.25) is 0 Å². The molecule has 1 aromatic heterocycles. The van der Waals surface area contributed by atoms with E-state index in [-0.39, 0.29) is 0 Å². The first-order valence-electron chi connectivity index (χ1n) is 6.86. The number of nitrogens with zero attached hydrogens (tertiary/aromatic N) is 2. The van der Waals surface area contributed by atoms with Gasteiger partial charge >= 0.3 is 0 Å². The molecule has 1 aliphatic heterocycles. The molecule has 1 fully saturated rings. The van der Waals surface area contributed by atoms with Crippen LogP contribution in [-0.4, -0.2) is 23.0 Å². The molecule has 18 heavy (non-hydrogen) atoms. The van der Waals surface area contributed by atoms with E-state index in [0.29, 0.717) is 12.0 Å². The molecule has 0 spiro atoms. The molecular weight excluding hydrogens is 222 g/mol. The standard InChI is InChI=1S/C15H25N3/c1-15(2,3)13-6-8-18(11-13)10-12-5-4-7-17-14(12)9-16/h4-5,7,13H,6,8-11,16H2,1-3H3. The lowest BCUT2D eigenvalue weighted by atomic mass is 9.80. The zero-order valence-corrected chi connectivity index (χ0v) is 11.8. The molecule has 0 aliphatic carbocycles. The Labute approximate surface area is 110 Å². The van der Waals surface area contributed by atoms with Crippen LogP contribution in [-0.2, 0) is 13.1 Å². The van der Waals surface area contributed by atoms with E-state index < -0.39 is 0 Å². The van der Waals surface area contributed by atoms with Crippen molar-refractivity contribution in [3.8, 4) is 0 Å². The van der Waals surface area contributed by atoms with Crippen molar-refractivity contribution in [2.75, 3.05) is 13.1 Å². The summed E-state index contributed by atoms with van der Waals surface area (Å²) < 4.78 is 0. The third kappa shape index (κ3) is 3.09. The molecule has 1 aliphatic rings. The van der Waals surface area contributed by atoms with Gasteiger partial charge in [-0.25, -0.2) is 0 Å². The summed E-state index contributed by atoms with van der Waals surface area (Å²) in [6.45, 7) is 11.0. The minimum atomic E-state index is 0.417. The molecule has 0 amide bonds. The van der Waals surface area contributed by atoms with E-state index in [1.807, 2.05) is 12.3 Å². The van der Waals surface area contributed by atoms with Gasteiger partial charge in [0.05, 0.1) is 5.69 Å². The Kier molecular flexibility index (Phi) is 4.03. The summed E-state index contributed by atoms with van der Waals surface area (Å²) in [7, 11) is 0. The maximum atomic E-state index is 5.74. The fourth-order valence-corrected chi connectivity index (χ4v) is 2.72. The largest absolute Gasteiger partial charge is 0.325 e. The molecule has 0 saturated carbocycles. The minimum Gasteiger partial charge on any atom is -0.325 e. The molecule has 100 valence electrons. The quantitative estimate of drug-likeness (QED) is 0.892. The van der Waals surface area contributed by atoms with Crippen LogP contribution in [0, 0.1) is 11.3 Å². The molecule has 2 rings (SSSR count). The lowest BCUT2D eigenvalue weighted by Gasteiger charge is -2.27. The van der Waals surface area contributed by atoms with Gasteiger partial charge in [0.1, 0.15) is 0 Å². The molecule has 2 N–H and O–H groups in total. The van der Waals surface area contributed by atoms with Gasteiger partial charge in [0.15, 0.2) is 0 Å². The highest BCUT2D eigenvalue weighted by atomic mass is 15.1. The summed E-state index contributed by atoms with van der Waals surface area (Å²) in [5, 5.41) is 0. The number of rotatable bonds is 3. The lowest BCUT2D eigenvalue weighted by molar-refractivity contribution is 0.226. The number of hydrogen-bond acceptors (Lipinski definition) is 3. The minimum absolute atomic E-state index is 0.417. The molecule has 0 radical (unpaired) electrons. The summed E-state index contributed by atoms with van der Waals surface area (Å²) in [6.07, 6.45) is 3.13. The number of hydrogen-bond donors (Lipinski definition) is 1. The summed E-state index contributed by atoms with van der Waals surface area (Å²) in [5.41, 5.74) is 8.48. The van der Waals surface area contributed by atoms with E-state index in [4.69, 9.17) is 5.73 Å². The maximum absolute atomic E-state index is 5.74. The molecule has 1 unspecified atom stereocenters. The second-order valence-corrected chi connectivity index (χ2v) is 6.40. The van der Waals surface area contributed by atoms with Crippen molar-refractivity contribution in [3.05, 3.63) is 29.6 Å². The van der Waals surface area contributed by atoms with Gasteiger partial charge in [-0.2, -0.15) is 0 Å². The van der Waals surface area contributed by atoms with Crippen LogP contribution in [0.3, 0.4) is 0 Å². The molecule has 3 nitrogen and oxygen atoms in total. The van der Waals surface area contributed by atoms with Gasteiger partial charge < -0.3 is 5.73 Å². The highest BCUT2D eigenvalue weighted by Gasteiger charge is 2.31. The molecule has 0 bridgehead atoms. The zero-order chi connectivity index (χ0) is 13.2. The summed E-state index contributed by atoms with van der Waals surface area (Å²) in [4.78, 5) is 6.89. The second kappa shape index (κ2) is 5.37. The van der Waals surface area contributed by atoms with Gasteiger partial charge in [-0.3, -0.25) is 9.88 Å². The molecule has 0 aromatic carbocycles. The third-order valence-electron chi connectivity index (χ3n) is 4.07. The van der Waals surface area contributed by atoms with E-state index in [2.05, 4.69) is 36.7 Å².